The van der Waals surface area contributed by atoms with Crippen molar-refractivity contribution in [1.29, 1.82) is 0 Å². The number of nitrogens with one attached hydrogen (secondary N) is 1. The van der Waals surface area contributed by atoms with Crippen LogP contribution in [-0.4, -0.2) is 37.2 Å². The largest absolute Gasteiger partial charge is 0.496 e. The predicted octanol–water partition coefficient (Wildman–Crippen LogP) is 6.53. The number of aryl methyl sites for hydroxylation is 1. The van der Waals surface area contributed by atoms with Gasteiger partial charge >= 0.3 is 0 Å². The highest BCUT2D eigenvalue weighted by Crippen LogP contribution is 2.31. The van der Waals surface area contributed by atoms with Crippen molar-refractivity contribution in [2.45, 2.75) is 57.5 Å². The molecule has 0 radical (unpaired) electrons. The molecule has 3 aromatic carbocycles. The van der Waals surface area contributed by atoms with Crippen molar-refractivity contribution >= 4 is 27.5 Å². The molecule has 1 N–H and O–H groups in total. The second-order valence-corrected chi connectivity index (χ2v) is 10.3. The van der Waals surface area contributed by atoms with Crippen LogP contribution in [0.15, 0.2) is 60.7 Å². The maximum atomic E-state index is 5.55. The monoisotopic (exact) mass is 482 g/mol. The van der Waals surface area contributed by atoms with Crippen LogP contribution in [0.25, 0.3) is 21.7 Å². The van der Waals surface area contributed by atoms with E-state index in [-0.39, 0.29) is 0 Å². The zero-order valence-electron chi connectivity index (χ0n) is 21.8. The number of anilines is 1. The molecule has 0 spiro atoms. The van der Waals surface area contributed by atoms with E-state index in [1.165, 1.54) is 48.4 Å². The fourth-order valence-corrected chi connectivity index (χ4v) is 5.68. The van der Waals surface area contributed by atoms with Crippen molar-refractivity contribution < 1.29 is 4.74 Å². The maximum absolute atomic E-state index is 5.55. The molecule has 5 rings (SSSR count). The smallest absolute Gasteiger partial charge is 0.139 e. The number of hydrogen-bond donors (Lipinski definition) is 1. The molecule has 1 fully saturated rings. The van der Waals surface area contributed by atoms with E-state index in [4.69, 9.17) is 14.7 Å². The maximum Gasteiger partial charge on any atom is 0.139 e. The number of aromatic nitrogens is 2. The molecule has 0 unspecified atom stereocenters. The number of hydrogen-bond acceptors (Lipinski definition) is 5. The molecule has 5 nitrogen and oxygen atoms in total. The zero-order chi connectivity index (χ0) is 24.9. The number of ether oxygens (including phenoxy) is 1. The van der Waals surface area contributed by atoms with Crippen molar-refractivity contribution in [3.05, 3.63) is 72.1 Å². The van der Waals surface area contributed by atoms with Crippen LogP contribution in [-0.2, 0) is 13.0 Å². The van der Waals surface area contributed by atoms with E-state index in [0.29, 0.717) is 6.04 Å². The highest BCUT2D eigenvalue weighted by Gasteiger charge is 2.21. The van der Waals surface area contributed by atoms with Crippen molar-refractivity contribution in [2.24, 2.45) is 5.92 Å². The Balaban J connectivity index is 1.11. The molecule has 0 aliphatic heterocycles. The summed E-state index contributed by atoms with van der Waals surface area (Å²) in [5.74, 6) is 3.76. The van der Waals surface area contributed by atoms with E-state index in [1.807, 2.05) is 0 Å². The standard InChI is InChI=1S/C31H38N4O/c1-35(2)31-27-12-6-7-13-28(27)33-30(34-31)14-8-9-22-15-18-24(19-16-22)32-21-23-17-20-29(36-3)26-11-5-4-10-25(23)26/h4-7,10-13,17,20,22,24,32H,8-9,14-16,18-19,21H2,1-3H3. The molecule has 1 aliphatic rings. The molecule has 1 saturated carbocycles. The van der Waals surface area contributed by atoms with Crippen LogP contribution in [0.1, 0.15) is 49.9 Å². The molecule has 188 valence electrons. The van der Waals surface area contributed by atoms with Gasteiger partial charge in [-0.1, -0.05) is 48.9 Å². The Morgan fingerprint density at radius 2 is 1.58 bits per heavy atom. The molecule has 1 aliphatic carbocycles. The minimum absolute atomic E-state index is 0.605. The van der Waals surface area contributed by atoms with Gasteiger partial charge in [0.05, 0.1) is 12.6 Å². The third-order valence-electron chi connectivity index (χ3n) is 7.69. The van der Waals surface area contributed by atoms with Gasteiger partial charge in [-0.15, -0.1) is 0 Å². The molecule has 5 heteroatoms. The minimum Gasteiger partial charge on any atom is -0.496 e. The molecular weight excluding hydrogens is 444 g/mol. The summed E-state index contributed by atoms with van der Waals surface area (Å²) in [6, 6.07) is 21.8. The SMILES string of the molecule is COc1ccc(CNC2CCC(CCCc3nc(N(C)C)c4ccccc4n3)CC2)c2ccccc12. The van der Waals surface area contributed by atoms with Gasteiger partial charge < -0.3 is 15.0 Å². The molecule has 1 aromatic heterocycles. The second kappa shape index (κ2) is 11.3. The van der Waals surface area contributed by atoms with Crippen LogP contribution in [0, 0.1) is 5.92 Å². The first kappa shape index (κ1) is 24.5. The molecule has 4 aromatic rings. The molecule has 0 saturated heterocycles. The average Bonchev–Trinajstić information content (AvgIpc) is 2.92. The first-order chi connectivity index (χ1) is 17.6. The Kier molecular flexibility index (Phi) is 7.66. The van der Waals surface area contributed by atoms with E-state index < -0.39 is 0 Å². The van der Waals surface area contributed by atoms with Gasteiger partial charge in [-0.2, -0.15) is 0 Å². The fraction of sp³-hybridized carbons (Fsp3) is 0.419. The van der Waals surface area contributed by atoms with Crippen molar-refractivity contribution in [3.63, 3.8) is 0 Å². The number of fused-ring (bicyclic) bond motifs is 2. The summed E-state index contributed by atoms with van der Waals surface area (Å²) < 4.78 is 5.55. The summed E-state index contributed by atoms with van der Waals surface area (Å²) in [4.78, 5) is 11.8. The van der Waals surface area contributed by atoms with E-state index in [0.717, 1.165) is 53.6 Å². The quantitative estimate of drug-likeness (QED) is 0.294. The predicted molar refractivity (Wildman–Crippen MR) is 150 cm³/mol. The van der Waals surface area contributed by atoms with Gasteiger partial charge in [0.2, 0.25) is 0 Å². The number of para-hydroxylation sites is 1. The Hall–Kier alpha value is -3.18. The molecule has 0 amide bonds. The zero-order valence-corrected chi connectivity index (χ0v) is 21.8. The Labute approximate surface area is 214 Å². The van der Waals surface area contributed by atoms with Crippen LogP contribution in [0.2, 0.25) is 0 Å². The summed E-state index contributed by atoms with van der Waals surface area (Å²) in [5.41, 5.74) is 2.39. The normalized spacial score (nSPS) is 18.0. The summed E-state index contributed by atoms with van der Waals surface area (Å²) in [7, 11) is 5.86. The van der Waals surface area contributed by atoms with Gasteiger partial charge in [-0.25, -0.2) is 9.97 Å². The van der Waals surface area contributed by atoms with Gasteiger partial charge in [0.1, 0.15) is 17.4 Å². The first-order valence-corrected chi connectivity index (χ1v) is 13.3. The Morgan fingerprint density at radius 3 is 2.33 bits per heavy atom. The number of benzene rings is 3. The lowest BCUT2D eigenvalue weighted by Gasteiger charge is -2.29. The molecular formula is C31H38N4O. The van der Waals surface area contributed by atoms with Crippen LogP contribution in [0.5, 0.6) is 5.75 Å². The van der Waals surface area contributed by atoms with E-state index in [9.17, 15) is 0 Å². The highest BCUT2D eigenvalue weighted by atomic mass is 16.5. The summed E-state index contributed by atoms with van der Waals surface area (Å²) in [5, 5.41) is 7.44. The Bertz CT molecular complexity index is 1310. The Morgan fingerprint density at radius 1 is 0.861 bits per heavy atom. The number of rotatable bonds is 9. The number of nitrogens with zero attached hydrogens (tertiary/aromatic N) is 3. The van der Waals surface area contributed by atoms with Gasteiger partial charge in [-0.3, -0.25) is 0 Å². The van der Waals surface area contributed by atoms with Gasteiger partial charge in [0.25, 0.3) is 0 Å². The summed E-state index contributed by atoms with van der Waals surface area (Å²) in [6.07, 6.45) is 8.51. The van der Waals surface area contributed by atoms with E-state index >= 15 is 0 Å². The minimum atomic E-state index is 0.605. The van der Waals surface area contributed by atoms with Crippen LogP contribution < -0.4 is 15.0 Å². The van der Waals surface area contributed by atoms with E-state index in [2.05, 4.69) is 85.0 Å². The molecule has 0 atom stereocenters. The topological polar surface area (TPSA) is 50.3 Å². The van der Waals surface area contributed by atoms with Crippen molar-refractivity contribution in [3.8, 4) is 5.75 Å². The molecule has 0 bridgehead atoms. The highest BCUT2D eigenvalue weighted by molar-refractivity contribution is 5.91. The third kappa shape index (κ3) is 5.46. The van der Waals surface area contributed by atoms with Crippen LogP contribution in [0.3, 0.4) is 0 Å². The average molecular weight is 483 g/mol. The van der Waals surface area contributed by atoms with E-state index in [1.54, 1.807) is 7.11 Å². The lowest BCUT2D eigenvalue weighted by molar-refractivity contribution is 0.275. The lowest BCUT2D eigenvalue weighted by Crippen LogP contribution is -2.32. The molecule has 36 heavy (non-hydrogen) atoms. The van der Waals surface area contributed by atoms with Crippen molar-refractivity contribution in [2.75, 3.05) is 26.1 Å². The third-order valence-corrected chi connectivity index (χ3v) is 7.69. The first-order valence-electron chi connectivity index (χ1n) is 13.3. The van der Waals surface area contributed by atoms with Crippen molar-refractivity contribution in [1.82, 2.24) is 15.3 Å². The van der Waals surface area contributed by atoms with Crippen LogP contribution in [0.4, 0.5) is 5.82 Å². The fourth-order valence-electron chi connectivity index (χ4n) is 5.68. The number of methoxy groups -OCH3 is 1. The van der Waals surface area contributed by atoms with Gasteiger partial charge in [0, 0.05) is 43.9 Å². The second-order valence-electron chi connectivity index (χ2n) is 10.3. The lowest BCUT2D eigenvalue weighted by atomic mass is 9.83. The van der Waals surface area contributed by atoms with Gasteiger partial charge in [0.15, 0.2) is 0 Å². The summed E-state index contributed by atoms with van der Waals surface area (Å²) >= 11 is 0. The van der Waals surface area contributed by atoms with Gasteiger partial charge in [-0.05, 0) is 67.2 Å². The summed E-state index contributed by atoms with van der Waals surface area (Å²) in [6.45, 7) is 0.910. The van der Waals surface area contributed by atoms with Crippen LogP contribution >= 0.6 is 0 Å². The molecule has 1 heterocycles.